The Kier molecular flexibility index (Phi) is 4.44. The predicted molar refractivity (Wildman–Crippen MR) is 54.6 cm³/mol. The minimum atomic E-state index is -0.762. The summed E-state index contributed by atoms with van der Waals surface area (Å²) in [5, 5.41) is 8.56. The molecule has 2 atom stereocenters. The number of nitriles is 1. The van der Waals surface area contributed by atoms with Crippen LogP contribution in [0.3, 0.4) is 0 Å². The molecule has 0 aromatic carbocycles. The van der Waals surface area contributed by atoms with Crippen molar-refractivity contribution in [3.8, 4) is 6.07 Å². The minimum absolute atomic E-state index is 0.0535. The molecule has 1 fully saturated rings. The molecular formula is C10H17NOS. The first-order valence-electron chi connectivity index (χ1n) is 4.97. The lowest BCUT2D eigenvalue weighted by molar-refractivity contribution is 0.602. The van der Waals surface area contributed by atoms with Crippen LogP contribution in [0.5, 0.6) is 0 Å². The predicted octanol–water partition coefficient (Wildman–Crippen LogP) is 2.08. The van der Waals surface area contributed by atoms with Crippen LogP contribution in [0.2, 0.25) is 0 Å². The van der Waals surface area contributed by atoms with Gasteiger partial charge in [0.15, 0.2) is 0 Å². The van der Waals surface area contributed by atoms with Gasteiger partial charge in [-0.25, -0.2) is 0 Å². The Labute approximate surface area is 82.8 Å². The average Bonchev–Trinajstić information content (AvgIpc) is 2.56. The van der Waals surface area contributed by atoms with Crippen molar-refractivity contribution in [1.29, 1.82) is 5.26 Å². The van der Waals surface area contributed by atoms with Gasteiger partial charge in [-0.3, -0.25) is 4.21 Å². The fourth-order valence-electron chi connectivity index (χ4n) is 1.82. The molecule has 0 aromatic rings. The Morgan fingerprint density at radius 1 is 1.54 bits per heavy atom. The van der Waals surface area contributed by atoms with Gasteiger partial charge < -0.3 is 0 Å². The average molecular weight is 199 g/mol. The maximum absolute atomic E-state index is 11.5. The van der Waals surface area contributed by atoms with Gasteiger partial charge in [-0.2, -0.15) is 5.26 Å². The molecule has 0 aliphatic heterocycles. The lowest BCUT2D eigenvalue weighted by atomic mass is 10.1. The first kappa shape index (κ1) is 10.7. The molecule has 0 aromatic heterocycles. The van der Waals surface area contributed by atoms with E-state index in [4.69, 9.17) is 5.26 Å². The van der Waals surface area contributed by atoms with Gasteiger partial charge in [0.2, 0.25) is 0 Å². The standard InChI is InChI=1S/C10H17NOS/c1-9(6-11)7-13(12)8-10-4-2-3-5-10/h9-10H,2-5,7-8H2,1H3. The van der Waals surface area contributed by atoms with E-state index >= 15 is 0 Å². The van der Waals surface area contributed by atoms with E-state index in [0.29, 0.717) is 11.7 Å². The smallest absolute Gasteiger partial charge is 0.0662 e. The summed E-state index contributed by atoms with van der Waals surface area (Å²) in [5.74, 6) is 2.01. The summed E-state index contributed by atoms with van der Waals surface area (Å²) in [4.78, 5) is 0. The van der Waals surface area contributed by atoms with Crippen LogP contribution in [0.25, 0.3) is 0 Å². The Bertz CT molecular complexity index is 215. The third kappa shape index (κ3) is 3.91. The molecular weight excluding hydrogens is 182 g/mol. The molecule has 1 aliphatic rings. The highest BCUT2D eigenvalue weighted by Crippen LogP contribution is 2.25. The molecule has 1 rings (SSSR count). The van der Waals surface area contributed by atoms with Gasteiger partial charge in [-0.15, -0.1) is 0 Å². The van der Waals surface area contributed by atoms with E-state index in [1.807, 2.05) is 6.92 Å². The molecule has 74 valence electrons. The summed E-state index contributed by atoms with van der Waals surface area (Å²) in [6.45, 7) is 1.84. The highest BCUT2D eigenvalue weighted by atomic mass is 32.2. The molecule has 1 aliphatic carbocycles. The van der Waals surface area contributed by atoms with E-state index in [0.717, 1.165) is 5.75 Å². The van der Waals surface area contributed by atoms with Gasteiger partial charge in [0.25, 0.3) is 0 Å². The fourth-order valence-corrected chi connectivity index (χ4v) is 3.45. The largest absolute Gasteiger partial charge is 0.260 e. The second-order valence-corrected chi connectivity index (χ2v) is 5.50. The zero-order chi connectivity index (χ0) is 9.68. The monoisotopic (exact) mass is 199 g/mol. The van der Waals surface area contributed by atoms with Gasteiger partial charge in [-0.1, -0.05) is 12.8 Å². The Morgan fingerprint density at radius 2 is 2.15 bits per heavy atom. The molecule has 0 amide bonds. The van der Waals surface area contributed by atoms with Crippen LogP contribution < -0.4 is 0 Å². The van der Waals surface area contributed by atoms with Crippen molar-refractivity contribution in [2.45, 2.75) is 32.6 Å². The zero-order valence-corrected chi connectivity index (χ0v) is 8.98. The zero-order valence-electron chi connectivity index (χ0n) is 8.16. The second-order valence-electron chi connectivity index (χ2n) is 3.95. The summed E-state index contributed by atoms with van der Waals surface area (Å²) < 4.78 is 11.5. The SMILES string of the molecule is CC(C#N)CS(=O)CC1CCCC1. The number of hydrogen-bond acceptors (Lipinski definition) is 2. The quantitative estimate of drug-likeness (QED) is 0.695. The Balaban J connectivity index is 2.21. The van der Waals surface area contributed by atoms with Crippen molar-refractivity contribution in [3.63, 3.8) is 0 Å². The first-order valence-corrected chi connectivity index (χ1v) is 6.45. The first-order chi connectivity index (χ1) is 6.22. The highest BCUT2D eigenvalue weighted by molar-refractivity contribution is 7.85. The molecule has 0 heterocycles. The van der Waals surface area contributed by atoms with E-state index < -0.39 is 10.8 Å². The lowest BCUT2D eigenvalue weighted by Gasteiger charge is -2.08. The summed E-state index contributed by atoms with van der Waals surface area (Å²) in [7, 11) is -0.762. The lowest BCUT2D eigenvalue weighted by Crippen LogP contribution is -2.14. The molecule has 0 N–H and O–H groups in total. The highest BCUT2D eigenvalue weighted by Gasteiger charge is 2.18. The van der Waals surface area contributed by atoms with Gasteiger partial charge in [0.05, 0.1) is 12.0 Å². The maximum atomic E-state index is 11.5. The number of nitrogens with zero attached hydrogens (tertiary/aromatic N) is 1. The van der Waals surface area contributed by atoms with Crippen LogP contribution in [-0.4, -0.2) is 15.7 Å². The Hall–Kier alpha value is -0.360. The molecule has 2 nitrogen and oxygen atoms in total. The molecule has 0 bridgehead atoms. The van der Waals surface area contributed by atoms with Crippen LogP contribution in [0.1, 0.15) is 32.6 Å². The van der Waals surface area contributed by atoms with E-state index in [2.05, 4.69) is 6.07 Å². The van der Waals surface area contributed by atoms with Crippen LogP contribution in [0.4, 0.5) is 0 Å². The maximum Gasteiger partial charge on any atom is 0.0662 e. The normalized spacial score (nSPS) is 22.5. The fraction of sp³-hybridized carbons (Fsp3) is 0.900. The molecule has 13 heavy (non-hydrogen) atoms. The van der Waals surface area contributed by atoms with Crippen molar-refractivity contribution in [2.75, 3.05) is 11.5 Å². The summed E-state index contributed by atoms with van der Waals surface area (Å²) >= 11 is 0. The van der Waals surface area contributed by atoms with E-state index in [1.165, 1.54) is 25.7 Å². The van der Waals surface area contributed by atoms with Crippen LogP contribution in [-0.2, 0) is 10.8 Å². The minimum Gasteiger partial charge on any atom is -0.260 e. The molecule has 2 unspecified atom stereocenters. The molecule has 3 heteroatoms. The van der Waals surface area contributed by atoms with Gasteiger partial charge in [-0.05, 0) is 25.7 Å². The van der Waals surface area contributed by atoms with E-state index in [9.17, 15) is 4.21 Å². The van der Waals surface area contributed by atoms with E-state index in [1.54, 1.807) is 0 Å². The van der Waals surface area contributed by atoms with Crippen molar-refractivity contribution in [2.24, 2.45) is 11.8 Å². The van der Waals surface area contributed by atoms with E-state index in [-0.39, 0.29) is 5.92 Å². The summed E-state index contributed by atoms with van der Waals surface area (Å²) in [5.41, 5.74) is 0. The molecule has 1 saturated carbocycles. The van der Waals surface area contributed by atoms with Crippen molar-refractivity contribution in [1.82, 2.24) is 0 Å². The Morgan fingerprint density at radius 3 is 2.69 bits per heavy atom. The molecule has 0 saturated heterocycles. The number of hydrogen-bond donors (Lipinski definition) is 0. The van der Waals surface area contributed by atoms with Crippen LogP contribution >= 0.6 is 0 Å². The summed E-state index contributed by atoms with van der Waals surface area (Å²) in [6.07, 6.45) is 5.09. The van der Waals surface area contributed by atoms with Crippen molar-refractivity contribution >= 4 is 10.8 Å². The van der Waals surface area contributed by atoms with Crippen molar-refractivity contribution in [3.05, 3.63) is 0 Å². The summed E-state index contributed by atoms with van der Waals surface area (Å²) in [6, 6.07) is 2.13. The van der Waals surface area contributed by atoms with Gasteiger partial charge >= 0.3 is 0 Å². The van der Waals surface area contributed by atoms with Crippen molar-refractivity contribution < 1.29 is 4.21 Å². The third-order valence-corrected chi connectivity index (χ3v) is 4.27. The second kappa shape index (κ2) is 5.39. The number of rotatable bonds is 4. The topological polar surface area (TPSA) is 40.9 Å². The van der Waals surface area contributed by atoms with Gasteiger partial charge in [0, 0.05) is 22.3 Å². The van der Waals surface area contributed by atoms with Crippen LogP contribution in [0, 0.1) is 23.2 Å². The van der Waals surface area contributed by atoms with Crippen LogP contribution in [0.15, 0.2) is 0 Å². The molecule has 0 radical (unpaired) electrons. The van der Waals surface area contributed by atoms with Gasteiger partial charge in [0.1, 0.15) is 0 Å². The molecule has 0 spiro atoms. The third-order valence-electron chi connectivity index (χ3n) is 2.55.